The molecule has 1 fully saturated rings. The van der Waals surface area contributed by atoms with Crippen molar-refractivity contribution in [1.29, 1.82) is 0 Å². The molecule has 1 unspecified atom stereocenters. The van der Waals surface area contributed by atoms with E-state index in [1.54, 1.807) is 16.7 Å². The van der Waals surface area contributed by atoms with E-state index < -0.39 is 11.3 Å². The van der Waals surface area contributed by atoms with Crippen LogP contribution in [0.4, 0.5) is 24.7 Å². The number of benzene rings is 4. The highest BCUT2D eigenvalue weighted by Crippen LogP contribution is 2.28. The van der Waals surface area contributed by atoms with E-state index in [9.17, 15) is 23.3 Å². The van der Waals surface area contributed by atoms with E-state index >= 15 is 0 Å². The van der Waals surface area contributed by atoms with Gasteiger partial charge in [-0.3, -0.25) is 9.47 Å². The van der Waals surface area contributed by atoms with Crippen LogP contribution in [-0.4, -0.2) is 64.6 Å². The number of anilines is 1. The Morgan fingerprint density at radius 1 is 0.769 bits per heavy atom. The Morgan fingerprint density at radius 2 is 1.37 bits per heavy atom. The van der Waals surface area contributed by atoms with Crippen LogP contribution in [0.15, 0.2) is 103 Å². The third-order valence-corrected chi connectivity index (χ3v) is 9.00. The highest BCUT2D eigenvalue weighted by molar-refractivity contribution is 5.67. The van der Waals surface area contributed by atoms with Crippen molar-refractivity contribution in [3.63, 3.8) is 0 Å². The first-order chi connectivity index (χ1) is 25.1. The van der Waals surface area contributed by atoms with Crippen LogP contribution in [0.3, 0.4) is 0 Å². The van der Waals surface area contributed by atoms with Gasteiger partial charge in [0.2, 0.25) is 0 Å². The monoisotopic (exact) mass is 715 g/mol. The molecule has 14 heteroatoms. The number of halogens is 3. The Morgan fingerprint density at radius 3 is 2.02 bits per heavy atom. The van der Waals surface area contributed by atoms with Crippen molar-refractivity contribution in [2.24, 2.45) is 0 Å². The minimum absolute atomic E-state index is 0.220. The lowest BCUT2D eigenvalue weighted by Crippen LogP contribution is -2.45. The standard InChI is InChI=1S/C38H36F3N5O6/c39-38(40,41)52-34-13-3-28(4-14-34)25-49-32-11-1-27(2-12-32)23-43-19-21-44(22-20-43)31-9-5-29(6-10-31)30-7-15-33(16-8-30)50-26-35-17-18-45-24-36(46(47)48)42-37(45)51-35/h1-16,24,35H,17-23,25-26H2. The fourth-order valence-corrected chi connectivity index (χ4v) is 6.20. The molecular formula is C38H36F3N5O6. The zero-order valence-electron chi connectivity index (χ0n) is 28.1. The van der Waals surface area contributed by atoms with Crippen LogP contribution in [0.1, 0.15) is 17.5 Å². The Balaban J connectivity index is 0.830. The Labute approximate surface area is 297 Å². The Hall–Kier alpha value is -5.76. The van der Waals surface area contributed by atoms with E-state index in [0.29, 0.717) is 25.3 Å². The first kappa shape index (κ1) is 34.7. The fourth-order valence-electron chi connectivity index (χ4n) is 6.20. The van der Waals surface area contributed by atoms with Gasteiger partial charge in [-0.1, -0.05) is 48.5 Å². The molecule has 2 aliphatic heterocycles. The van der Waals surface area contributed by atoms with Gasteiger partial charge in [0.15, 0.2) is 0 Å². The topological polar surface area (TPSA) is 104 Å². The number of alkyl halides is 3. The SMILES string of the molecule is O=[N+]([O-])c1cn2c(n1)OC(COc1ccc(-c3ccc(N4CCN(Cc5ccc(OCc6ccc(OC(F)(F)F)cc6)cc5)CC4)cc3)cc1)CC2. The lowest BCUT2D eigenvalue weighted by Gasteiger charge is -2.36. The van der Waals surface area contributed by atoms with E-state index in [1.807, 2.05) is 48.5 Å². The maximum absolute atomic E-state index is 12.4. The Kier molecular flexibility index (Phi) is 10.2. The van der Waals surface area contributed by atoms with Gasteiger partial charge >= 0.3 is 18.2 Å². The summed E-state index contributed by atoms with van der Waals surface area (Å²) in [5.41, 5.74) is 5.30. The minimum Gasteiger partial charge on any atom is -0.490 e. The van der Waals surface area contributed by atoms with Crippen molar-refractivity contribution in [2.75, 3.05) is 37.7 Å². The van der Waals surface area contributed by atoms with E-state index in [-0.39, 0.29) is 30.3 Å². The molecule has 3 heterocycles. The molecule has 1 atom stereocenters. The summed E-state index contributed by atoms with van der Waals surface area (Å²) in [6.45, 7) is 5.68. The van der Waals surface area contributed by atoms with Crippen molar-refractivity contribution >= 4 is 11.5 Å². The molecule has 4 aromatic carbocycles. The zero-order valence-corrected chi connectivity index (χ0v) is 28.1. The molecule has 1 aromatic heterocycles. The Bertz CT molecular complexity index is 1940. The van der Waals surface area contributed by atoms with Crippen molar-refractivity contribution in [3.8, 4) is 34.4 Å². The predicted octanol–water partition coefficient (Wildman–Crippen LogP) is 7.49. The number of hydrogen-bond donors (Lipinski definition) is 0. The summed E-state index contributed by atoms with van der Waals surface area (Å²) in [6.07, 6.45) is -2.89. The van der Waals surface area contributed by atoms with Gasteiger partial charge < -0.3 is 34.0 Å². The van der Waals surface area contributed by atoms with Crippen molar-refractivity contribution in [3.05, 3.63) is 124 Å². The summed E-state index contributed by atoms with van der Waals surface area (Å²) in [5, 5.41) is 11.0. The average Bonchev–Trinajstić information content (AvgIpc) is 3.59. The number of hydrogen-bond acceptors (Lipinski definition) is 9. The van der Waals surface area contributed by atoms with Crippen LogP contribution in [0.5, 0.6) is 23.3 Å². The van der Waals surface area contributed by atoms with Gasteiger partial charge in [0.25, 0.3) is 0 Å². The maximum atomic E-state index is 12.4. The molecule has 7 rings (SSSR count). The van der Waals surface area contributed by atoms with E-state index in [0.717, 1.165) is 55.2 Å². The van der Waals surface area contributed by atoms with Gasteiger partial charge in [-0.2, -0.15) is 0 Å². The van der Waals surface area contributed by atoms with E-state index in [1.165, 1.54) is 29.6 Å². The molecule has 2 aliphatic rings. The molecule has 0 saturated carbocycles. The summed E-state index contributed by atoms with van der Waals surface area (Å²) in [4.78, 5) is 19.2. The molecule has 52 heavy (non-hydrogen) atoms. The van der Waals surface area contributed by atoms with Crippen LogP contribution in [-0.2, 0) is 19.7 Å². The molecule has 11 nitrogen and oxygen atoms in total. The molecule has 5 aromatic rings. The molecule has 0 aliphatic carbocycles. The lowest BCUT2D eigenvalue weighted by molar-refractivity contribution is -0.389. The number of rotatable bonds is 12. The van der Waals surface area contributed by atoms with Crippen LogP contribution in [0.2, 0.25) is 0 Å². The number of nitrogens with zero attached hydrogens (tertiary/aromatic N) is 5. The second kappa shape index (κ2) is 15.2. The maximum Gasteiger partial charge on any atom is 0.573 e. The van der Waals surface area contributed by atoms with Gasteiger partial charge in [-0.25, -0.2) is 0 Å². The van der Waals surface area contributed by atoms with Gasteiger partial charge in [0.1, 0.15) is 42.8 Å². The molecule has 270 valence electrons. The second-order valence-electron chi connectivity index (χ2n) is 12.6. The summed E-state index contributed by atoms with van der Waals surface area (Å²) in [5.74, 6) is 0.928. The van der Waals surface area contributed by atoms with Crippen LogP contribution in [0.25, 0.3) is 11.1 Å². The molecule has 0 radical (unpaired) electrons. The lowest BCUT2D eigenvalue weighted by atomic mass is 10.0. The molecule has 0 spiro atoms. The molecule has 0 bridgehead atoms. The number of aryl methyl sites for hydroxylation is 1. The molecule has 1 saturated heterocycles. The zero-order chi connectivity index (χ0) is 36.1. The van der Waals surface area contributed by atoms with Crippen molar-refractivity contribution < 1.29 is 37.0 Å². The van der Waals surface area contributed by atoms with Gasteiger partial charge in [-0.05, 0) is 75.7 Å². The first-order valence-corrected chi connectivity index (χ1v) is 16.9. The van der Waals surface area contributed by atoms with Crippen LogP contribution < -0.4 is 23.8 Å². The normalized spacial score (nSPS) is 16.1. The number of ether oxygens (including phenoxy) is 4. The molecule has 0 amide bonds. The second-order valence-corrected chi connectivity index (χ2v) is 12.6. The summed E-state index contributed by atoms with van der Waals surface area (Å²) < 4.78 is 60.2. The summed E-state index contributed by atoms with van der Waals surface area (Å²) in [7, 11) is 0. The number of piperazine rings is 1. The first-order valence-electron chi connectivity index (χ1n) is 16.9. The van der Waals surface area contributed by atoms with Crippen LogP contribution >= 0.6 is 0 Å². The number of imidazole rings is 1. The smallest absolute Gasteiger partial charge is 0.490 e. The molecular weight excluding hydrogens is 679 g/mol. The van der Waals surface area contributed by atoms with Gasteiger partial charge in [-0.15, -0.1) is 13.2 Å². The highest BCUT2D eigenvalue weighted by Gasteiger charge is 2.31. The quantitative estimate of drug-likeness (QED) is 0.0960. The number of fused-ring (bicyclic) bond motifs is 1. The highest BCUT2D eigenvalue weighted by atomic mass is 19.4. The van der Waals surface area contributed by atoms with Crippen LogP contribution in [0, 0.1) is 10.1 Å². The van der Waals surface area contributed by atoms with Gasteiger partial charge in [0, 0.05) is 56.4 Å². The van der Waals surface area contributed by atoms with Crippen molar-refractivity contribution in [1.82, 2.24) is 14.5 Å². The van der Waals surface area contributed by atoms with E-state index in [2.05, 4.69) is 43.8 Å². The van der Waals surface area contributed by atoms with Crippen molar-refractivity contribution in [2.45, 2.75) is 38.6 Å². The number of nitro groups is 1. The fraction of sp³-hybridized carbons (Fsp3) is 0.289. The summed E-state index contributed by atoms with van der Waals surface area (Å²) >= 11 is 0. The van der Waals surface area contributed by atoms with Gasteiger partial charge in [0.05, 0.1) is 0 Å². The third kappa shape index (κ3) is 8.93. The minimum atomic E-state index is -4.71. The van der Waals surface area contributed by atoms with E-state index in [4.69, 9.17) is 14.2 Å². The summed E-state index contributed by atoms with van der Waals surface area (Å²) in [6, 6.07) is 30.3. The molecule has 0 N–H and O–H groups in total. The average molecular weight is 716 g/mol. The third-order valence-electron chi connectivity index (χ3n) is 9.00. The number of aromatic nitrogens is 2. The predicted molar refractivity (Wildman–Crippen MR) is 187 cm³/mol. The largest absolute Gasteiger partial charge is 0.573 e.